The molecule has 0 saturated heterocycles. The maximum Gasteiger partial charge on any atom is 0.196 e. The van der Waals surface area contributed by atoms with E-state index in [1.54, 1.807) is 18.3 Å². The smallest absolute Gasteiger partial charge is 0.196 e. The lowest BCUT2D eigenvalue weighted by Crippen LogP contribution is -1.83. The number of hydrogen-bond acceptors (Lipinski definition) is 4. The Morgan fingerprint density at radius 2 is 2.10 bits per heavy atom. The molecule has 0 bridgehead atoms. The van der Waals surface area contributed by atoms with Gasteiger partial charge in [0.05, 0.1) is 0 Å². The number of phenolic OH excluding ortho intramolecular Hbond substituents is 1. The van der Waals surface area contributed by atoms with Gasteiger partial charge in [-0.05, 0) is 30.2 Å². The van der Waals surface area contributed by atoms with Crippen molar-refractivity contribution in [1.82, 2.24) is 9.97 Å². The second-order valence-corrected chi connectivity index (χ2v) is 4.25. The van der Waals surface area contributed by atoms with E-state index in [2.05, 4.69) is 21.8 Å². The number of para-hydroxylation sites is 1. The summed E-state index contributed by atoms with van der Waals surface area (Å²) in [6.45, 7) is 0. The molecule has 0 fully saturated rings. The van der Waals surface area contributed by atoms with Crippen LogP contribution in [0.15, 0.2) is 47.0 Å². The van der Waals surface area contributed by atoms with E-state index in [0.29, 0.717) is 29.8 Å². The minimum atomic E-state index is 0.112. The Balaban J connectivity index is 1.69. The number of phenols is 1. The Hall–Kier alpha value is -2.80. The molecule has 1 aromatic carbocycles. The fraction of sp³-hybridized carbons (Fsp3) is 0.125. The molecule has 3 rings (SSSR count). The van der Waals surface area contributed by atoms with E-state index in [1.807, 2.05) is 24.3 Å². The van der Waals surface area contributed by atoms with Crippen LogP contribution in [0, 0.1) is 11.8 Å². The number of rotatable bonds is 2. The Morgan fingerprint density at radius 3 is 2.90 bits per heavy atom. The van der Waals surface area contributed by atoms with Gasteiger partial charge in [-0.2, -0.15) is 0 Å². The number of hydrogen-bond donors (Lipinski definition) is 1. The molecule has 0 unspecified atom stereocenters. The minimum Gasteiger partial charge on any atom is -0.504 e. The summed E-state index contributed by atoms with van der Waals surface area (Å²) < 4.78 is 5.51. The van der Waals surface area contributed by atoms with E-state index in [1.165, 1.54) is 0 Å². The van der Waals surface area contributed by atoms with Crippen molar-refractivity contribution in [3.8, 4) is 17.6 Å². The zero-order valence-electron chi connectivity index (χ0n) is 10.7. The summed E-state index contributed by atoms with van der Waals surface area (Å²) in [4.78, 5) is 8.43. The van der Waals surface area contributed by atoms with Gasteiger partial charge in [-0.1, -0.05) is 18.1 Å². The number of pyridine rings is 1. The molecule has 3 aromatic rings. The molecule has 98 valence electrons. The Morgan fingerprint density at radius 1 is 1.15 bits per heavy atom. The van der Waals surface area contributed by atoms with E-state index < -0.39 is 0 Å². The molecule has 0 aliphatic heterocycles. The number of aromatic hydroxyl groups is 1. The fourth-order valence-corrected chi connectivity index (χ4v) is 1.85. The average Bonchev–Trinajstić information content (AvgIpc) is 2.89. The number of aromatic nitrogens is 2. The van der Waals surface area contributed by atoms with Crippen LogP contribution in [-0.2, 0) is 6.42 Å². The van der Waals surface area contributed by atoms with Gasteiger partial charge in [0.2, 0.25) is 0 Å². The van der Waals surface area contributed by atoms with Crippen LogP contribution < -0.4 is 0 Å². The monoisotopic (exact) mass is 264 g/mol. The molecule has 0 spiro atoms. The first kappa shape index (κ1) is 12.2. The van der Waals surface area contributed by atoms with Crippen LogP contribution >= 0.6 is 0 Å². The highest BCUT2D eigenvalue weighted by molar-refractivity contribution is 5.78. The first-order valence-electron chi connectivity index (χ1n) is 6.30. The quantitative estimate of drug-likeness (QED) is 0.723. The predicted molar refractivity (Wildman–Crippen MR) is 75.1 cm³/mol. The number of benzene rings is 1. The Labute approximate surface area is 116 Å². The lowest BCUT2D eigenvalue weighted by molar-refractivity contribution is 0.455. The zero-order chi connectivity index (χ0) is 13.8. The van der Waals surface area contributed by atoms with Crippen molar-refractivity contribution in [2.24, 2.45) is 0 Å². The van der Waals surface area contributed by atoms with Crippen LogP contribution in [0.3, 0.4) is 0 Å². The standard InChI is InChI=1S/C16H12N2O2/c19-14-9-5-8-13-16(14)20-15(18-13)10-2-1-6-12-7-3-4-11-17-12/h3-5,7-9,11,19H,2,10H2. The molecule has 4 heteroatoms. The first-order chi connectivity index (χ1) is 9.83. The predicted octanol–water partition coefficient (Wildman–Crippen LogP) is 2.91. The van der Waals surface area contributed by atoms with Crippen molar-refractivity contribution in [3.63, 3.8) is 0 Å². The van der Waals surface area contributed by atoms with Gasteiger partial charge in [0.1, 0.15) is 11.2 Å². The largest absolute Gasteiger partial charge is 0.504 e. The molecule has 0 aliphatic rings. The Bertz CT molecular complexity index is 782. The molecule has 4 nitrogen and oxygen atoms in total. The second-order valence-electron chi connectivity index (χ2n) is 4.25. The summed E-state index contributed by atoms with van der Waals surface area (Å²) in [5.74, 6) is 6.71. The van der Waals surface area contributed by atoms with Crippen LogP contribution in [0.25, 0.3) is 11.1 Å². The van der Waals surface area contributed by atoms with Crippen LogP contribution in [0.1, 0.15) is 18.0 Å². The molecule has 0 radical (unpaired) electrons. The molecular weight excluding hydrogens is 252 g/mol. The number of nitrogens with zero attached hydrogens (tertiary/aromatic N) is 2. The second kappa shape index (κ2) is 5.45. The summed E-state index contributed by atoms with van der Waals surface area (Å²) in [5, 5.41) is 9.63. The average molecular weight is 264 g/mol. The SMILES string of the molecule is Oc1cccc2nc(CCC#Cc3ccccn3)oc12. The lowest BCUT2D eigenvalue weighted by atomic mass is 10.3. The van der Waals surface area contributed by atoms with E-state index in [4.69, 9.17) is 4.42 Å². The number of oxazole rings is 1. The van der Waals surface area contributed by atoms with Crippen molar-refractivity contribution < 1.29 is 9.52 Å². The third-order valence-corrected chi connectivity index (χ3v) is 2.78. The highest BCUT2D eigenvalue weighted by Gasteiger charge is 2.07. The van der Waals surface area contributed by atoms with Crippen LogP contribution in [0.2, 0.25) is 0 Å². The van der Waals surface area contributed by atoms with E-state index in [9.17, 15) is 5.11 Å². The third-order valence-electron chi connectivity index (χ3n) is 2.78. The third kappa shape index (κ3) is 2.62. The summed E-state index contributed by atoms with van der Waals surface area (Å²) in [6.07, 6.45) is 2.95. The van der Waals surface area contributed by atoms with Gasteiger partial charge >= 0.3 is 0 Å². The van der Waals surface area contributed by atoms with Crippen molar-refractivity contribution >= 4 is 11.1 Å². The topological polar surface area (TPSA) is 59.2 Å². The van der Waals surface area contributed by atoms with Crippen LogP contribution in [-0.4, -0.2) is 15.1 Å². The zero-order valence-corrected chi connectivity index (χ0v) is 10.7. The van der Waals surface area contributed by atoms with Gasteiger partial charge in [0.15, 0.2) is 17.2 Å². The first-order valence-corrected chi connectivity index (χ1v) is 6.30. The highest BCUT2D eigenvalue weighted by Crippen LogP contribution is 2.25. The molecule has 0 atom stereocenters. The summed E-state index contributed by atoms with van der Waals surface area (Å²) >= 11 is 0. The lowest BCUT2D eigenvalue weighted by Gasteiger charge is -1.89. The van der Waals surface area contributed by atoms with Gasteiger partial charge in [-0.25, -0.2) is 9.97 Å². The summed E-state index contributed by atoms with van der Waals surface area (Å²) in [6, 6.07) is 10.8. The minimum absolute atomic E-state index is 0.112. The van der Waals surface area contributed by atoms with Gasteiger partial charge in [-0.15, -0.1) is 0 Å². The summed E-state index contributed by atoms with van der Waals surface area (Å²) in [7, 11) is 0. The molecule has 2 heterocycles. The van der Waals surface area contributed by atoms with Gasteiger partial charge in [0, 0.05) is 19.0 Å². The normalized spacial score (nSPS) is 10.2. The molecule has 0 saturated carbocycles. The molecule has 1 N–H and O–H groups in total. The van der Waals surface area contributed by atoms with E-state index in [0.717, 1.165) is 5.69 Å². The van der Waals surface area contributed by atoms with E-state index >= 15 is 0 Å². The van der Waals surface area contributed by atoms with Crippen molar-refractivity contribution in [3.05, 3.63) is 54.2 Å². The van der Waals surface area contributed by atoms with Crippen molar-refractivity contribution in [2.75, 3.05) is 0 Å². The van der Waals surface area contributed by atoms with Crippen LogP contribution in [0.5, 0.6) is 5.75 Å². The molecule has 0 amide bonds. The number of aryl methyl sites for hydroxylation is 1. The molecule has 20 heavy (non-hydrogen) atoms. The highest BCUT2D eigenvalue weighted by atomic mass is 16.4. The number of fused-ring (bicyclic) bond motifs is 1. The van der Waals surface area contributed by atoms with E-state index in [-0.39, 0.29) is 5.75 Å². The maximum atomic E-state index is 9.63. The van der Waals surface area contributed by atoms with Gasteiger partial charge < -0.3 is 9.52 Å². The van der Waals surface area contributed by atoms with Gasteiger partial charge in [-0.3, -0.25) is 0 Å². The fourth-order valence-electron chi connectivity index (χ4n) is 1.85. The summed E-state index contributed by atoms with van der Waals surface area (Å²) in [5.41, 5.74) is 1.85. The maximum absolute atomic E-state index is 9.63. The van der Waals surface area contributed by atoms with Crippen LogP contribution in [0.4, 0.5) is 0 Å². The van der Waals surface area contributed by atoms with Crippen molar-refractivity contribution in [1.29, 1.82) is 0 Å². The van der Waals surface area contributed by atoms with Gasteiger partial charge in [0.25, 0.3) is 0 Å². The molecule has 0 aliphatic carbocycles. The van der Waals surface area contributed by atoms with Crippen molar-refractivity contribution in [2.45, 2.75) is 12.8 Å². The Kier molecular flexibility index (Phi) is 3.34. The molecule has 2 aromatic heterocycles. The molecular formula is C16H12N2O2.